The zero-order valence-corrected chi connectivity index (χ0v) is 7.97. The molecule has 6 heteroatoms. The van der Waals surface area contributed by atoms with Crippen LogP contribution in [0.25, 0.3) is 0 Å². The zero-order chi connectivity index (χ0) is 11.3. The second kappa shape index (κ2) is 5.06. The Morgan fingerprint density at radius 1 is 1.73 bits per heavy atom. The molecule has 1 aromatic rings. The van der Waals surface area contributed by atoms with Crippen molar-refractivity contribution in [2.75, 3.05) is 0 Å². The highest BCUT2D eigenvalue weighted by molar-refractivity contribution is 5.93. The fourth-order valence-electron chi connectivity index (χ4n) is 0.933. The molecule has 3 N–H and O–H groups in total. The molecule has 0 saturated carbocycles. The molecule has 0 spiro atoms. The Morgan fingerprint density at radius 2 is 2.47 bits per heavy atom. The van der Waals surface area contributed by atoms with E-state index in [0.29, 0.717) is 5.69 Å². The van der Waals surface area contributed by atoms with Gasteiger partial charge in [-0.1, -0.05) is 6.58 Å². The van der Waals surface area contributed by atoms with Gasteiger partial charge in [-0.15, -0.1) is 0 Å². The van der Waals surface area contributed by atoms with Crippen LogP contribution >= 0.6 is 0 Å². The van der Waals surface area contributed by atoms with E-state index in [1.165, 1.54) is 6.33 Å². The fourth-order valence-corrected chi connectivity index (χ4v) is 0.933. The molecule has 1 aromatic heterocycles. The Kier molecular flexibility index (Phi) is 3.75. The molecular formula is C9H11N3O3. The van der Waals surface area contributed by atoms with E-state index in [0.717, 1.165) is 6.08 Å². The number of carbonyl (C=O) groups is 2. The number of H-pyrrole nitrogens is 1. The van der Waals surface area contributed by atoms with Crippen molar-refractivity contribution in [2.45, 2.75) is 12.5 Å². The highest BCUT2D eigenvalue weighted by Gasteiger charge is 2.18. The van der Waals surface area contributed by atoms with Gasteiger partial charge in [0.05, 0.1) is 6.33 Å². The number of ether oxygens (including phenoxy) is 1. The Morgan fingerprint density at radius 3 is 3.00 bits per heavy atom. The second-order valence-corrected chi connectivity index (χ2v) is 2.83. The Hall–Kier alpha value is -1.95. The van der Waals surface area contributed by atoms with Gasteiger partial charge < -0.3 is 15.5 Å². The maximum atomic E-state index is 11.2. The largest absolute Gasteiger partial charge is 0.389 e. The van der Waals surface area contributed by atoms with Crippen LogP contribution in [0.3, 0.4) is 0 Å². The predicted octanol–water partition coefficient (Wildman–Crippen LogP) is -0.465. The van der Waals surface area contributed by atoms with Gasteiger partial charge in [0.2, 0.25) is 0 Å². The van der Waals surface area contributed by atoms with Gasteiger partial charge in [-0.05, 0) is 0 Å². The van der Waals surface area contributed by atoms with Crippen LogP contribution in [-0.2, 0) is 20.7 Å². The molecule has 0 bridgehead atoms. The molecular weight excluding hydrogens is 198 g/mol. The Bertz CT molecular complexity index is 359. The van der Waals surface area contributed by atoms with E-state index >= 15 is 0 Å². The molecule has 0 fully saturated rings. The monoisotopic (exact) mass is 209 g/mol. The van der Waals surface area contributed by atoms with Gasteiger partial charge in [-0.2, -0.15) is 0 Å². The summed E-state index contributed by atoms with van der Waals surface area (Å²) < 4.78 is 4.35. The van der Waals surface area contributed by atoms with Crippen molar-refractivity contribution in [2.24, 2.45) is 5.73 Å². The van der Waals surface area contributed by atoms with Gasteiger partial charge in [-0.25, -0.2) is 14.6 Å². The molecule has 1 rings (SSSR count). The van der Waals surface area contributed by atoms with Crippen LogP contribution in [-0.4, -0.2) is 27.9 Å². The number of rotatable bonds is 4. The summed E-state index contributed by atoms with van der Waals surface area (Å²) in [6.07, 6.45) is 4.16. The van der Waals surface area contributed by atoms with Gasteiger partial charge in [-0.3, -0.25) is 0 Å². The maximum Gasteiger partial charge on any atom is 0.337 e. The van der Waals surface area contributed by atoms with Crippen molar-refractivity contribution >= 4 is 11.9 Å². The maximum absolute atomic E-state index is 11.2. The highest BCUT2D eigenvalue weighted by atomic mass is 16.6. The van der Waals surface area contributed by atoms with Crippen molar-refractivity contribution in [3.05, 3.63) is 30.9 Å². The molecule has 0 aliphatic rings. The molecule has 0 saturated heterocycles. The Balaban J connectivity index is 2.46. The lowest BCUT2D eigenvalue weighted by Gasteiger charge is -2.07. The lowest BCUT2D eigenvalue weighted by molar-refractivity contribution is -0.157. The quantitative estimate of drug-likeness (QED) is 0.397. The minimum Gasteiger partial charge on any atom is -0.389 e. The molecule has 0 unspecified atom stereocenters. The number of nitrogens with one attached hydrogen (secondary N) is 1. The SMILES string of the molecule is C=CC(=O)OC(=O)[C@@H](N)Cc1cnc[nH]1. The molecule has 0 aromatic carbocycles. The minimum absolute atomic E-state index is 0.239. The minimum atomic E-state index is -0.894. The summed E-state index contributed by atoms with van der Waals surface area (Å²) >= 11 is 0. The third kappa shape index (κ3) is 3.35. The first-order valence-electron chi connectivity index (χ1n) is 4.24. The van der Waals surface area contributed by atoms with Crippen LogP contribution in [0, 0.1) is 0 Å². The summed E-state index contributed by atoms with van der Waals surface area (Å²) in [5.41, 5.74) is 6.20. The summed E-state index contributed by atoms with van der Waals surface area (Å²) in [7, 11) is 0. The van der Waals surface area contributed by atoms with Crippen LogP contribution in [0.1, 0.15) is 5.69 Å². The first-order chi connectivity index (χ1) is 7.13. The van der Waals surface area contributed by atoms with E-state index in [1.54, 1.807) is 6.20 Å². The summed E-state index contributed by atoms with van der Waals surface area (Å²) in [5, 5.41) is 0. The third-order valence-corrected chi connectivity index (χ3v) is 1.67. The van der Waals surface area contributed by atoms with Crippen molar-refractivity contribution in [3.8, 4) is 0 Å². The summed E-state index contributed by atoms with van der Waals surface area (Å²) in [5.74, 6) is -1.59. The molecule has 15 heavy (non-hydrogen) atoms. The number of nitrogens with zero attached hydrogens (tertiary/aromatic N) is 1. The highest BCUT2D eigenvalue weighted by Crippen LogP contribution is 1.98. The molecule has 80 valence electrons. The topological polar surface area (TPSA) is 98.1 Å². The van der Waals surface area contributed by atoms with E-state index in [2.05, 4.69) is 21.3 Å². The first-order valence-corrected chi connectivity index (χ1v) is 4.24. The van der Waals surface area contributed by atoms with E-state index in [4.69, 9.17) is 5.73 Å². The van der Waals surface area contributed by atoms with Crippen molar-refractivity contribution in [3.63, 3.8) is 0 Å². The number of imidazole rings is 1. The number of carbonyl (C=O) groups excluding carboxylic acids is 2. The van der Waals surface area contributed by atoms with Crippen LogP contribution < -0.4 is 5.73 Å². The second-order valence-electron chi connectivity index (χ2n) is 2.83. The van der Waals surface area contributed by atoms with Crippen molar-refractivity contribution in [1.82, 2.24) is 9.97 Å². The molecule has 1 heterocycles. The average molecular weight is 209 g/mol. The molecule has 0 aliphatic carbocycles. The number of aromatic nitrogens is 2. The van der Waals surface area contributed by atoms with Crippen LogP contribution in [0.4, 0.5) is 0 Å². The van der Waals surface area contributed by atoms with E-state index in [9.17, 15) is 9.59 Å². The summed E-state index contributed by atoms with van der Waals surface area (Å²) in [6, 6.07) is -0.894. The number of esters is 2. The molecule has 0 aliphatic heterocycles. The summed E-state index contributed by atoms with van der Waals surface area (Å²) in [4.78, 5) is 28.4. The van der Waals surface area contributed by atoms with Crippen molar-refractivity contribution in [1.29, 1.82) is 0 Å². The molecule has 1 atom stereocenters. The lowest BCUT2D eigenvalue weighted by Crippen LogP contribution is -2.35. The molecule has 6 nitrogen and oxygen atoms in total. The third-order valence-electron chi connectivity index (χ3n) is 1.67. The van der Waals surface area contributed by atoms with Crippen LogP contribution in [0.15, 0.2) is 25.2 Å². The zero-order valence-electron chi connectivity index (χ0n) is 7.97. The van der Waals surface area contributed by atoms with Gasteiger partial charge in [0, 0.05) is 24.4 Å². The van der Waals surface area contributed by atoms with Crippen LogP contribution in [0.5, 0.6) is 0 Å². The van der Waals surface area contributed by atoms with E-state index < -0.39 is 18.0 Å². The average Bonchev–Trinajstić information content (AvgIpc) is 2.70. The predicted molar refractivity (Wildman–Crippen MR) is 51.6 cm³/mol. The van der Waals surface area contributed by atoms with Gasteiger partial charge in [0.15, 0.2) is 0 Å². The number of nitrogens with two attached hydrogens (primary N) is 1. The van der Waals surface area contributed by atoms with Gasteiger partial charge in [0.1, 0.15) is 6.04 Å². The number of hydrogen-bond donors (Lipinski definition) is 2. The standard InChI is InChI=1S/C9H11N3O3/c1-2-8(13)15-9(14)7(10)3-6-4-11-5-12-6/h2,4-5,7H,1,3,10H2,(H,11,12)/t7-/m0/s1. The smallest absolute Gasteiger partial charge is 0.337 e. The number of hydrogen-bond acceptors (Lipinski definition) is 5. The molecule has 0 amide bonds. The normalized spacial score (nSPS) is 11.8. The van der Waals surface area contributed by atoms with E-state index in [-0.39, 0.29) is 6.42 Å². The van der Waals surface area contributed by atoms with Gasteiger partial charge in [0.25, 0.3) is 0 Å². The van der Waals surface area contributed by atoms with Crippen molar-refractivity contribution < 1.29 is 14.3 Å². The van der Waals surface area contributed by atoms with Gasteiger partial charge >= 0.3 is 11.9 Å². The number of aromatic amines is 1. The first kappa shape index (κ1) is 11.1. The van der Waals surface area contributed by atoms with E-state index in [1.807, 2.05) is 0 Å². The van der Waals surface area contributed by atoms with Crippen LogP contribution in [0.2, 0.25) is 0 Å². The lowest BCUT2D eigenvalue weighted by atomic mass is 10.2. The Labute approximate surface area is 86.1 Å². The molecule has 0 radical (unpaired) electrons. The summed E-state index contributed by atoms with van der Waals surface area (Å²) in [6.45, 7) is 3.16. The fraction of sp³-hybridized carbons (Fsp3) is 0.222.